The summed E-state index contributed by atoms with van der Waals surface area (Å²) in [5.41, 5.74) is 1.64. The summed E-state index contributed by atoms with van der Waals surface area (Å²) in [6.45, 7) is 0. The minimum Gasteiger partial charge on any atom is -0.507 e. The smallest absolute Gasteiger partial charge is 0.171 e. The largest absolute Gasteiger partial charge is 0.507 e. The molecule has 0 bridgehead atoms. The van der Waals surface area contributed by atoms with Crippen molar-refractivity contribution in [1.82, 2.24) is 9.78 Å². The molecule has 16 heavy (non-hydrogen) atoms. The number of phenols is 1. The van der Waals surface area contributed by atoms with E-state index in [2.05, 4.69) is 21.0 Å². The Balaban J connectivity index is 2.69. The fraction of sp³-hybridized carbons (Fsp3) is 0.0909. The predicted octanol–water partition coefficient (Wildman–Crippen LogP) is 2.37. The molecule has 0 saturated carbocycles. The summed E-state index contributed by atoms with van der Waals surface area (Å²) < 4.78 is 2.15. The van der Waals surface area contributed by atoms with Gasteiger partial charge in [0, 0.05) is 12.6 Å². The lowest BCUT2D eigenvalue weighted by molar-refractivity contribution is 0.111. The number of aromatic hydroxyl groups is 1. The Morgan fingerprint density at radius 3 is 2.69 bits per heavy atom. The molecule has 0 spiro atoms. The second-order valence-electron chi connectivity index (χ2n) is 3.31. The fourth-order valence-electron chi connectivity index (χ4n) is 1.56. The van der Waals surface area contributed by atoms with Crippen molar-refractivity contribution in [3.8, 4) is 17.0 Å². The molecule has 2 aromatic rings. The number of hydrogen-bond acceptors (Lipinski definition) is 3. The summed E-state index contributed by atoms with van der Waals surface area (Å²) in [5.74, 6) is 0.156. The molecule has 1 aromatic carbocycles. The van der Waals surface area contributed by atoms with Crippen molar-refractivity contribution in [1.29, 1.82) is 0 Å². The zero-order chi connectivity index (χ0) is 11.7. The first kappa shape index (κ1) is 10.9. The number of aldehydes is 1. The van der Waals surface area contributed by atoms with Crippen LogP contribution in [-0.4, -0.2) is 21.2 Å². The maximum absolute atomic E-state index is 10.7. The van der Waals surface area contributed by atoms with Crippen molar-refractivity contribution >= 4 is 22.2 Å². The Morgan fingerprint density at radius 1 is 1.44 bits per heavy atom. The Hall–Kier alpha value is -1.62. The summed E-state index contributed by atoms with van der Waals surface area (Å²) >= 11 is 3.31. The number of rotatable bonds is 2. The predicted molar refractivity (Wildman–Crippen MR) is 63.4 cm³/mol. The van der Waals surface area contributed by atoms with Crippen LogP contribution < -0.4 is 0 Å². The van der Waals surface area contributed by atoms with Crippen molar-refractivity contribution in [3.63, 3.8) is 0 Å². The third kappa shape index (κ3) is 1.63. The van der Waals surface area contributed by atoms with E-state index in [1.807, 2.05) is 6.07 Å². The second kappa shape index (κ2) is 4.09. The van der Waals surface area contributed by atoms with Gasteiger partial charge in [-0.3, -0.25) is 9.48 Å². The van der Waals surface area contributed by atoms with Gasteiger partial charge in [0.25, 0.3) is 0 Å². The monoisotopic (exact) mass is 280 g/mol. The first-order chi connectivity index (χ1) is 7.65. The van der Waals surface area contributed by atoms with E-state index in [1.165, 1.54) is 0 Å². The molecule has 0 saturated heterocycles. The van der Waals surface area contributed by atoms with Crippen LogP contribution in [0, 0.1) is 0 Å². The molecular weight excluding hydrogens is 272 g/mol. The van der Waals surface area contributed by atoms with Gasteiger partial charge in [0.2, 0.25) is 0 Å². The molecule has 0 atom stereocenters. The van der Waals surface area contributed by atoms with E-state index in [1.54, 1.807) is 29.9 Å². The molecule has 5 heteroatoms. The Bertz CT molecular complexity index is 549. The average Bonchev–Trinajstić information content (AvgIpc) is 2.55. The number of aromatic nitrogens is 2. The Kier molecular flexibility index (Phi) is 2.78. The molecule has 0 radical (unpaired) electrons. The van der Waals surface area contributed by atoms with E-state index in [4.69, 9.17) is 0 Å². The van der Waals surface area contributed by atoms with Crippen molar-refractivity contribution in [3.05, 3.63) is 34.4 Å². The Morgan fingerprint density at radius 2 is 2.12 bits per heavy atom. The van der Waals surface area contributed by atoms with Crippen molar-refractivity contribution in [2.75, 3.05) is 0 Å². The number of halogens is 1. The normalized spacial score (nSPS) is 10.4. The Labute approximate surface area is 101 Å². The fourth-order valence-corrected chi connectivity index (χ4v) is 2.20. The molecule has 0 amide bonds. The molecule has 2 rings (SSSR count). The number of nitrogens with zero attached hydrogens (tertiary/aromatic N) is 2. The average molecular weight is 281 g/mol. The molecular formula is C11H9BrN2O2. The van der Waals surface area contributed by atoms with Gasteiger partial charge in [0.1, 0.15) is 11.4 Å². The van der Waals surface area contributed by atoms with Gasteiger partial charge in [-0.2, -0.15) is 5.10 Å². The van der Waals surface area contributed by atoms with Crippen LogP contribution in [0.2, 0.25) is 0 Å². The van der Waals surface area contributed by atoms with E-state index in [0.717, 1.165) is 0 Å². The zero-order valence-electron chi connectivity index (χ0n) is 8.51. The minimum absolute atomic E-state index is 0.156. The molecule has 0 fully saturated rings. The van der Waals surface area contributed by atoms with Gasteiger partial charge in [-0.25, -0.2) is 0 Å². The molecule has 0 unspecified atom stereocenters. The highest BCUT2D eigenvalue weighted by Gasteiger charge is 2.16. The van der Waals surface area contributed by atoms with Crippen LogP contribution >= 0.6 is 15.9 Å². The molecule has 1 N–H and O–H groups in total. The maximum Gasteiger partial charge on any atom is 0.171 e. The van der Waals surface area contributed by atoms with Crippen LogP contribution in [0.15, 0.2) is 28.7 Å². The van der Waals surface area contributed by atoms with Crippen LogP contribution in [0.5, 0.6) is 5.75 Å². The standard InChI is InChI=1S/C11H9BrN2O2/c1-14-11(10(12)8(6-15)13-14)7-4-2-3-5-9(7)16/h2-6,16H,1H3. The topological polar surface area (TPSA) is 55.1 Å². The maximum atomic E-state index is 10.7. The summed E-state index contributed by atoms with van der Waals surface area (Å²) in [5, 5.41) is 13.8. The van der Waals surface area contributed by atoms with Gasteiger partial charge in [0.15, 0.2) is 6.29 Å². The molecule has 0 aliphatic rings. The third-order valence-corrected chi connectivity index (χ3v) is 3.07. The van der Waals surface area contributed by atoms with Gasteiger partial charge in [-0.15, -0.1) is 0 Å². The third-order valence-electron chi connectivity index (χ3n) is 2.28. The highest BCUT2D eigenvalue weighted by atomic mass is 79.9. The van der Waals surface area contributed by atoms with Crippen molar-refractivity contribution in [2.45, 2.75) is 0 Å². The van der Waals surface area contributed by atoms with Crippen LogP contribution in [-0.2, 0) is 7.05 Å². The van der Waals surface area contributed by atoms with E-state index < -0.39 is 0 Å². The lowest BCUT2D eigenvalue weighted by atomic mass is 10.1. The van der Waals surface area contributed by atoms with Crippen LogP contribution in [0.25, 0.3) is 11.3 Å². The molecule has 82 valence electrons. The lowest BCUT2D eigenvalue weighted by Crippen LogP contribution is -1.94. The number of phenolic OH excluding ortho intramolecular Hbond substituents is 1. The number of para-hydroxylation sites is 1. The molecule has 4 nitrogen and oxygen atoms in total. The highest BCUT2D eigenvalue weighted by molar-refractivity contribution is 9.10. The first-order valence-corrected chi connectivity index (χ1v) is 5.40. The SMILES string of the molecule is Cn1nc(C=O)c(Br)c1-c1ccccc1O. The van der Waals surface area contributed by atoms with Crippen molar-refractivity contribution < 1.29 is 9.90 Å². The van der Waals surface area contributed by atoms with Gasteiger partial charge >= 0.3 is 0 Å². The first-order valence-electron chi connectivity index (χ1n) is 4.61. The highest BCUT2D eigenvalue weighted by Crippen LogP contribution is 2.35. The van der Waals surface area contributed by atoms with E-state index in [-0.39, 0.29) is 5.75 Å². The molecule has 0 aliphatic carbocycles. The summed E-state index contributed by atoms with van der Waals surface area (Å²) in [6.07, 6.45) is 0.674. The lowest BCUT2D eigenvalue weighted by Gasteiger charge is -2.05. The van der Waals surface area contributed by atoms with Crippen LogP contribution in [0.1, 0.15) is 10.5 Å². The van der Waals surface area contributed by atoms with E-state index in [0.29, 0.717) is 27.7 Å². The molecule has 1 heterocycles. The quantitative estimate of drug-likeness (QED) is 0.860. The molecule has 0 aliphatic heterocycles. The summed E-state index contributed by atoms with van der Waals surface area (Å²) in [7, 11) is 1.72. The van der Waals surface area contributed by atoms with Crippen molar-refractivity contribution in [2.24, 2.45) is 7.05 Å². The van der Waals surface area contributed by atoms with E-state index >= 15 is 0 Å². The minimum atomic E-state index is 0.156. The summed E-state index contributed by atoms with van der Waals surface area (Å²) in [4.78, 5) is 10.7. The number of benzene rings is 1. The number of hydrogen-bond donors (Lipinski definition) is 1. The molecule has 1 aromatic heterocycles. The summed E-state index contributed by atoms with van der Waals surface area (Å²) in [6, 6.07) is 6.92. The van der Waals surface area contributed by atoms with Crippen LogP contribution in [0.4, 0.5) is 0 Å². The second-order valence-corrected chi connectivity index (χ2v) is 4.10. The van der Waals surface area contributed by atoms with Gasteiger partial charge in [-0.05, 0) is 28.1 Å². The van der Waals surface area contributed by atoms with Gasteiger partial charge in [0.05, 0.1) is 10.2 Å². The van der Waals surface area contributed by atoms with E-state index in [9.17, 15) is 9.90 Å². The van der Waals surface area contributed by atoms with Gasteiger partial charge in [-0.1, -0.05) is 12.1 Å². The number of carbonyl (C=O) groups is 1. The van der Waals surface area contributed by atoms with Gasteiger partial charge < -0.3 is 5.11 Å². The zero-order valence-corrected chi connectivity index (χ0v) is 10.1. The van der Waals surface area contributed by atoms with Crippen LogP contribution in [0.3, 0.4) is 0 Å². The number of aryl methyl sites for hydroxylation is 1. The number of carbonyl (C=O) groups excluding carboxylic acids is 1.